The van der Waals surface area contributed by atoms with E-state index in [-0.39, 0.29) is 30.7 Å². The van der Waals surface area contributed by atoms with E-state index in [4.69, 9.17) is 9.47 Å². The van der Waals surface area contributed by atoms with E-state index >= 15 is 0 Å². The SMILES string of the molecule is C[C@H]1[C@H](c2ccccc2)OC(=O)[C@@H]2[C@H](/C=C\CCC(=O)N1C)O[C@@]13C=CCN(C(C)(C)C)C(=O)[C@@H]1N(CCCCCO)C(=O)[C@@H]23. The molecular weight excluding hydrogens is 574 g/mol. The van der Waals surface area contributed by atoms with Crippen LogP contribution < -0.4 is 0 Å². The van der Waals surface area contributed by atoms with Crippen molar-refractivity contribution >= 4 is 23.7 Å². The van der Waals surface area contributed by atoms with Crippen LogP contribution in [0.25, 0.3) is 0 Å². The molecule has 7 atom stereocenters. The normalized spacial score (nSPS) is 33.2. The second-order valence-electron chi connectivity index (χ2n) is 13.7. The summed E-state index contributed by atoms with van der Waals surface area (Å²) in [5.74, 6) is -3.17. The van der Waals surface area contributed by atoms with Crippen molar-refractivity contribution in [2.24, 2.45) is 11.8 Å². The fourth-order valence-electron chi connectivity index (χ4n) is 7.30. The van der Waals surface area contributed by atoms with E-state index < -0.39 is 53.2 Å². The van der Waals surface area contributed by atoms with Gasteiger partial charge in [0.15, 0.2) is 0 Å². The van der Waals surface area contributed by atoms with Crippen molar-refractivity contribution < 1.29 is 33.8 Å². The molecule has 1 N–H and O–H groups in total. The molecule has 0 bridgehead atoms. The molecule has 2 fully saturated rings. The van der Waals surface area contributed by atoms with E-state index in [0.717, 1.165) is 5.56 Å². The zero-order valence-electron chi connectivity index (χ0n) is 27.1. The van der Waals surface area contributed by atoms with Crippen LogP contribution in [-0.2, 0) is 28.7 Å². The number of aliphatic hydroxyl groups is 1. The molecule has 0 saturated carbocycles. The first kappa shape index (κ1) is 32.9. The number of rotatable bonds is 6. The predicted octanol–water partition coefficient (Wildman–Crippen LogP) is 3.41. The lowest BCUT2D eigenvalue weighted by atomic mass is 9.77. The quantitative estimate of drug-likeness (QED) is 0.294. The summed E-state index contributed by atoms with van der Waals surface area (Å²) in [4.78, 5) is 61.4. The van der Waals surface area contributed by atoms with Crippen molar-refractivity contribution in [2.45, 2.75) is 95.2 Å². The maximum absolute atomic E-state index is 14.5. The lowest BCUT2D eigenvalue weighted by Crippen LogP contribution is -2.58. The largest absolute Gasteiger partial charge is 0.455 e. The van der Waals surface area contributed by atoms with Crippen molar-refractivity contribution in [1.29, 1.82) is 0 Å². The lowest BCUT2D eigenvalue weighted by molar-refractivity contribution is -0.164. The van der Waals surface area contributed by atoms with Gasteiger partial charge in [-0.1, -0.05) is 54.6 Å². The molecule has 4 aliphatic rings. The second-order valence-corrected chi connectivity index (χ2v) is 13.7. The van der Waals surface area contributed by atoms with Crippen LogP contribution in [0, 0.1) is 11.8 Å². The number of amides is 3. The van der Waals surface area contributed by atoms with Gasteiger partial charge in [0.2, 0.25) is 17.7 Å². The van der Waals surface area contributed by atoms with Crippen LogP contribution >= 0.6 is 0 Å². The van der Waals surface area contributed by atoms with Gasteiger partial charge in [-0.15, -0.1) is 0 Å². The van der Waals surface area contributed by atoms with E-state index in [2.05, 4.69) is 0 Å². The standard InChI is InChI=1S/C35H47N3O7/c1-23-29(24-15-8-6-9-16-24)44-33(43)27-25(17-10-11-18-26(40)36(23)5)45-35-19-14-21-38(34(2,3)4)32(42)30(35)37(31(41)28(27)35)20-12-7-13-22-39/h6,8-10,14-17,19,23,25,27-30,39H,7,11-13,18,20-22H2,1-5H3/b17-10-/t23-,25-,27+,28+,29+,30-,35+/m0/s1. The summed E-state index contributed by atoms with van der Waals surface area (Å²) in [7, 11) is 1.71. The van der Waals surface area contributed by atoms with Gasteiger partial charge in [0, 0.05) is 38.7 Å². The van der Waals surface area contributed by atoms with Crippen LogP contribution in [0.4, 0.5) is 0 Å². The van der Waals surface area contributed by atoms with Crippen molar-refractivity contribution in [3.8, 4) is 0 Å². The summed E-state index contributed by atoms with van der Waals surface area (Å²) in [6.45, 7) is 8.44. The molecule has 4 aliphatic heterocycles. The number of aliphatic hydroxyl groups excluding tert-OH is 1. The van der Waals surface area contributed by atoms with Gasteiger partial charge in [0.25, 0.3) is 0 Å². The van der Waals surface area contributed by atoms with Crippen LogP contribution in [0.5, 0.6) is 0 Å². The topological polar surface area (TPSA) is 117 Å². The third-order valence-corrected chi connectivity index (χ3v) is 9.80. The number of unbranched alkanes of at least 4 members (excludes halogenated alkanes) is 2. The fraction of sp³-hybridized carbons (Fsp3) is 0.600. The molecule has 1 aromatic rings. The second kappa shape index (κ2) is 13.1. The summed E-state index contributed by atoms with van der Waals surface area (Å²) < 4.78 is 13.1. The predicted molar refractivity (Wildman–Crippen MR) is 168 cm³/mol. The van der Waals surface area contributed by atoms with Crippen LogP contribution in [0.2, 0.25) is 0 Å². The number of cyclic esters (lactones) is 1. The molecule has 0 aromatic heterocycles. The first-order valence-corrected chi connectivity index (χ1v) is 16.2. The first-order valence-electron chi connectivity index (χ1n) is 16.2. The summed E-state index contributed by atoms with van der Waals surface area (Å²) >= 11 is 0. The maximum atomic E-state index is 14.5. The number of ether oxygens (including phenoxy) is 2. The summed E-state index contributed by atoms with van der Waals surface area (Å²) in [5, 5.41) is 9.32. The highest BCUT2D eigenvalue weighted by Gasteiger charge is 2.72. The number of likely N-dealkylation sites (N-methyl/N-ethyl adjacent to an activating group) is 1. The zero-order valence-corrected chi connectivity index (χ0v) is 27.1. The van der Waals surface area contributed by atoms with Gasteiger partial charge in [0.05, 0.1) is 18.1 Å². The van der Waals surface area contributed by atoms with Crippen molar-refractivity contribution in [3.05, 3.63) is 60.2 Å². The van der Waals surface area contributed by atoms with Crippen LogP contribution in [-0.4, -0.2) is 99.6 Å². The average molecular weight is 622 g/mol. The lowest BCUT2D eigenvalue weighted by Gasteiger charge is -2.40. The molecule has 5 rings (SSSR count). The number of nitrogens with zero attached hydrogens (tertiary/aromatic N) is 3. The minimum atomic E-state index is -1.37. The number of benzene rings is 1. The van der Waals surface area contributed by atoms with Crippen LogP contribution in [0.15, 0.2) is 54.6 Å². The average Bonchev–Trinajstić information content (AvgIpc) is 3.38. The number of hydrogen-bond acceptors (Lipinski definition) is 7. The van der Waals surface area contributed by atoms with E-state index in [1.54, 1.807) is 27.8 Å². The molecule has 1 aromatic carbocycles. The monoisotopic (exact) mass is 621 g/mol. The van der Waals surface area contributed by atoms with Gasteiger partial charge >= 0.3 is 5.97 Å². The van der Waals surface area contributed by atoms with E-state index in [9.17, 15) is 24.3 Å². The van der Waals surface area contributed by atoms with Gasteiger partial charge < -0.3 is 29.3 Å². The molecule has 0 aliphatic carbocycles. The molecule has 0 unspecified atom stereocenters. The molecule has 0 radical (unpaired) electrons. The molecule has 10 heteroatoms. The first-order chi connectivity index (χ1) is 21.4. The molecule has 10 nitrogen and oxygen atoms in total. The van der Waals surface area contributed by atoms with Crippen molar-refractivity contribution in [3.63, 3.8) is 0 Å². The third-order valence-electron chi connectivity index (χ3n) is 9.80. The Balaban J connectivity index is 1.59. The van der Waals surface area contributed by atoms with Crippen molar-refractivity contribution in [1.82, 2.24) is 14.7 Å². The third kappa shape index (κ3) is 6.06. The van der Waals surface area contributed by atoms with Gasteiger partial charge in [0.1, 0.15) is 23.7 Å². The minimum Gasteiger partial charge on any atom is -0.455 e. The number of hydrogen-bond donors (Lipinski definition) is 1. The number of carbonyl (C=O) groups excluding carboxylic acids is 4. The molecule has 244 valence electrons. The highest BCUT2D eigenvalue weighted by atomic mass is 16.6. The van der Waals surface area contributed by atoms with Gasteiger partial charge in [-0.2, -0.15) is 0 Å². The highest BCUT2D eigenvalue weighted by Crippen LogP contribution is 2.53. The zero-order chi connectivity index (χ0) is 32.5. The number of carbonyl (C=O) groups is 4. The van der Waals surface area contributed by atoms with Gasteiger partial charge in [-0.3, -0.25) is 19.2 Å². The van der Waals surface area contributed by atoms with E-state index in [1.807, 2.05) is 76.3 Å². The molecule has 3 amide bonds. The molecule has 45 heavy (non-hydrogen) atoms. The number of fused-ring (bicyclic) bond motifs is 2. The molecule has 1 spiro atoms. The van der Waals surface area contributed by atoms with E-state index in [0.29, 0.717) is 38.8 Å². The molecule has 2 saturated heterocycles. The molecule has 4 heterocycles. The summed E-state index contributed by atoms with van der Waals surface area (Å²) in [5.41, 5.74) is -1.15. The Kier molecular flexibility index (Phi) is 9.56. The Morgan fingerprint density at radius 3 is 2.42 bits per heavy atom. The number of allylic oxidation sites excluding steroid dienone is 1. The van der Waals surface area contributed by atoms with Gasteiger partial charge in [-0.25, -0.2) is 0 Å². The Morgan fingerprint density at radius 2 is 1.73 bits per heavy atom. The maximum Gasteiger partial charge on any atom is 0.313 e. The van der Waals surface area contributed by atoms with Crippen LogP contribution in [0.1, 0.15) is 71.5 Å². The van der Waals surface area contributed by atoms with E-state index in [1.165, 1.54) is 0 Å². The fourth-order valence-corrected chi connectivity index (χ4v) is 7.30. The highest BCUT2D eigenvalue weighted by molar-refractivity contribution is 5.99. The Morgan fingerprint density at radius 1 is 1.00 bits per heavy atom. The molecular formula is C35H47N3O7. The number of likely N-dealkylation sites (tertiary alicyclic amines) is 1. The van der Waals surface area contributed by atoms with Crippen molar-refractivity contribution in [2.75, 3.05) is 26.7 Å². The minimum absolute atomic E-state index is 0.0518. The number of esters is 1. The summed E-state index contributed by atoms with van der Waals surface area (Å²) in [6, 6.07) is 7.88. The summed E-state index contributed by atoms with van der Waals surface area (Å²) in [6.07, 6.45) is 8.27. The Bertz CT molecular complexity index is 1340. The van der Waals surface area contributed by atoms with Crippen LogP contribution in [0.3, 0.4) is 0 Å². The Labute approximate surface area is 266 Å². The van der Waals surface area contributed by atoms with Gasteiger partial charge in [-0.05, 0) is 58.9 Å². The Hall–Kier alpha value is -3.50. The smallest absolute Gasteiger partial charge is 0.313 e.